The van der Waals surface area contributed by atoms with Crippen LogP contribution in [-0.2, 0) is 5.75 Å². The number of nitrogens with zero attached hydrogens (tertiary/aromatic N) is 2. The zero-order valence-electron chi connectivity index (χ0n) is 11.0. The molecule has 0 aliphatic carbocycles. The van der Waals surface area contributed by atoms with Crippen molar-refractivity contribution in [1.82, 2.24) is 4.98 Å². The van der Waals surface area contributed by atoms with E-state index in [0.717, 1.165) is 0 Å². The number of aliphatic hydroxyl groups excluding tert-OH is 1. The highest BCUT2D eigenvalue weighted by atomic mass is 32.2. The highest BCUT2D eigenvalue weighted by Gasteiger charge is 2.19. The van der Waals surface area contributed by atoms with Crippen LogP contribution in [0.5, 0.6) is 0 Å². The molecule has 0 amide bonds. The van der Waals surface area contributed by atoms with E-state index in [0.29, 0.717) is 22.6 Å². The molecule has 1 aromatic heterocycles. The van der Waals surface area contributed by atoms with Crippen LogP contribution in [0.2, 0.25) is 0 Å². The minimum atomic E-state index is -0.407. The maximum absolute atomic E-state index is 11.0. The van der Waals surface area contributed by atoms with E-state index < -0.39 is 6.10 Å². The van der Waals surface area contributed by atoms with Crippen molar-refractivity contribution in [1.29, 1.82) is 0 Å². The molecule has 1 N–H and O–H groups in total. The van der Waals surface area contributed by atoms with E-state index in [1.54, 1.807) is 32.5 Å². The molecule has 100 valence electrons. The highest BCUT2D eigenvalue weighted by molar-refractivity contribution is 7.99. The smallest absolute Gasteiger partial charge is 0.278 e. The Labute approximate surface area is 111 Å². The van der Waals surface area contributed by atoms with Crippen LogP contribution in [0, 0.1) is 24.0 Å². The molecule has 2 atom stereocenters. The Kier molecular flexibility index (Phi) is 5.10. The molecule has 0 aromatic carbocycles. The van der Waals surface area contributed by atoms with E-state index in [2.05, 4.69) is 4.98 Å². The number of hydrogen-bond donors (Lipinski definition) is 1. The summed E-state index contributed by atoms with van der Waals surface area (Å²) in [5.41, 5.74) is 2.05. The van der Waals surface area contributed by atoms with Gasteiger partial charge in [0.1, 0.15) is 0 Å². The van der Waals surface area contributed by atoms with Crippen molar-refractivity contribution in [3.05, 3.63) is 33.1 Å². The number of aryl methyl sites for hydroxylation is 1. The Balaban J connectivity index is 2.91. The monoisotopic (exact) mass is 270 g/mol. The molecule has 0 saturated carbocycles. The van der Waals surface area contributed by atoms with Gasteiger partial charge in [-0.1, -0.05) is 6.92 Å². The fourth-order valence-electron chi connectivity index (χ4n) is 1.54. The minimum Gasteiger partial charge on any atom is -0.392 e. The normalized spacial score (nSPS) is 14.3. The van der Waals surface area contributed by atoms with Crippen molar-refractivity contribution in [3.8, 4) is 0 Å². The van der Waals surface area contributed by atoms with Crippen LogP contribution in [0.15, 0.2) is 6.20 Å². The second kappa shape index (κ2) is 6.15. The molecule has 18 heavy (non-hydrogen) atoms. The number of rotatable bonds is 5. The molecule has 0 spiro atoms. The summed E-state index contributed by atoms with van der Waals surface area (Å²) in [5, 5.41) is 20.5. The van der Waals surface area contributed by atoms with E-state index in [9.17, 15) is 15.2 Å². The third-order valence-electron chi connectivity index (χ3n) is 2.92. The van der Waals surface area contributed by atoms with E-state index >= 15 is 0 Å². The van der Waals surface area contributed by atoms with Crippen molar-refractivity contribution < 1.29 is 10.0 Å². The van der Waals surface area contributed by atoms with Gasteiger partial charge < -0.3 is 5.11 Å². The molecule has 1 aromatic rings. The average molecular weight is 270 g/mol. The maximum atomic E-state index is 11.0. The predicted octanol–water partition coefficient (Wildman–Crippen LogP) is 2.61. The number of hydrogen-bond acceptors (Lipinski definition) is 5. The van der Waals surface area contributed by atoms with Crippen molar-refractivity contribution in [2.75, 3.05) is 0 Å². The summed E-state index contributed by atoms with van der Waals surface area (Å²) >= 11 is 1.54. The minimum absolute atomic E-state index is 0.0755. The Morgan fingerprint density at radius 1 is 1.50 bits per heavy atom. The van der Waals surface area contributed by atoms with Crippen molar-refractivity contribution in [2.24, 2.45) is 0 Å². The van der Waals surface area contributed by atoms with Gasteiger partial charge in [0.25, 0.3) is 5.69 Å². The Morgan fingerprint density at radius 2 is 2.11 bits per heavy atom. The number of aliphatic hydroxyl groups is 1. The Morgan fingerprint density at radius 3 is 2.61 bits per heavy atom. The molecule has 0 fully saturated rings. The van der Waals surface area contributed by atoms with E-state index in [-0.39, 0.29) is 15.9 Å². The lowest BCUT2D eigenvalue weighted by Gasteiger charge is -2.14. The second-order valence-corrected chi connectivity index (χ2v) is 5.74. The van der Waals surface area contributed by atoms with Crippen LogP contribution in [0.4, 0.5) is 5.69 Å². The molecule has 2 unspecified atom stereocenters. The molecule has 0 radical (unpaired) electrons. The molecule has 5 nitrogen and oxygen atoms in total. The molecular weight excluding hydrogens is 252 g/mol. The van der Waals surface area contributed by atoms with Crippen molar-refractivity contribution >= 4 is 17.4 Å². The van der Waals surface area contributed by atoms with Gasteiger partial charge in [-0.3, -0.25) is 15.1 Å². The van der Waals surface area contributed by atoms with Crippen molar-refractivity contribution in [3.63, 3.8) is 0 Å². The third-order valence-corrected chi connectivity index (χ3v) is 4.28. The zero-order chi connectivity index (χ0) is 13.9. The highest BCUT2D eigenvalue weighted by Crippen LogP contribution is 2.28. The third kappa shape index (κ3) is 3.43. The summed E-state index contributed by atoms with van der Waals surface area (Å²) in [7, 11) is 0. The maximum Gasteiger partial charge on any atom is 0.278 e. The van der Waals surface area contributed by atoms with Gasteiger partial charge in [-0.05, 0) is 20.8 Å². The summed E-state index contributed by atoms with van der Waals surface area (Å²) in [5.74, 6) is 0.568. The molecule has 1 rings (SSSR count). The van der Waals surface area contributed by atoms with Crippen LogP contribution in [0.3, 0.4) is 0 Å². The fraction of sp³-hybridized carbons (Fsp3) is 0.583. The molecule has 6 heteroatoms. The van der Waals surface area contributed by atoms with Gasteiger partial charge in [-0.15, -0.1) is 11.8 Å². The summed E-state index contributed by atoms with van der Waals surface area (Å²) in [6.07, 6.45) is 1.13. The van der Waals surface area contributed by atoms with Crippen LogP contribution in [-0.4, -0.2) is 26.4 Å². The number of pyridine rings is 1. The van der Waals surface area contributed by atoms with Gasteiger partial charge in [0.15, 0.2) is 0 Å². The summed E-state index contributed by atoms with van der Waals surface area (Å²) in [4.78, 5) is 14.9. The molecular formula is C12H18N2O3S. The molecule has 1 heterocycles. The standard InChI is InChI=1S/C12H18N2O3S/c1-7-5-13-11(6-18-10(4)9(3)15)8(2)12(7)14(16)17/h5,9-10,15H,6H2,1-4H3. The van der Waals surface area contributed by atoms with Gasteiger partial charge in [0.2, 0.25) is 0 Å². The summed E-state index contributed by atoms with van der Waals surface area (Å²) < 4.78 is 0. The summed E-state index contributed by atoms with van der Waals surface area (Å²) in [6, 6.07) is 0. The average Bonchev–Trinajstić information content (AvgIpc) is 2.27. The zero-order valence-corrected chi connectivity index (χ0v) is 11.8. The van der Waals surface area contributed by atoms with Gasteiger partial charge in [0.05, 0.1) is 16.7 Å². The quantitative estimate of drug-likeness (QED) is 0.657. The lowest BCUT2D eigenvalue weighted by atomic mass is 10.1. The van der Waals surface area contributed by atoms with Crippen LogP contribution in [0.1, 0.15) is 30.7 Å². The Hall–Kier alpha value is -1.14. The van der Waals surface area contributed by atoms with Crippen molar-refractivity contribution in [2.45, 2.75) is 44.8 Å². The second-order valence-electron chi connectivity index (χ2n) is 4.38. The SMILES string of the molecule is Cc1cnc(CSC(C)C(C)O)c(C)c1[N+](=O)[O-]. The molecule has 0 bridgehead atoms. The lowest BCUT2D eigenvalue weighted by molar-refractivity contribution is -0.386. The largest absolute Gasteiger partial charge is 0.392 e. The molecule has 0 aliphatic rings. The topological polar surface area (TPSA) is 76.3 Å². The first-order valence-electron chi connectivity index (χ1n) is 5.73. The van der Waals surface area contributed by atoms with Gasteiger partial charge in [0, 0.05) is 28.3 Å². The van der Waals surface area contributed by atoms with Crippen LogP contribution in [0.25, 0.3) is 0 Å². The lowest BCUT2D eigenvalue weighted by Crippen LogP contribution is -2.15. The van der Waals surface area contributed by atoms with Crippen LogP contribution < -0.4 is 0 Å². The number of thioether (sulfide) groups is 1. The van der Waals surface area contributed by atoms with E-state index in [4.69, 9.17) is 0 Å². The van der Waals surface area contributed by atoms with Gasteiger partial charge >= 0.3 is 0 Å². The first kappa shape index (κ1) is 14.9. The number of aromatic nitrogens is 1. The fourth-order valence-corrected chi connectivity index (χ4v) is 2.53. The van der Waals surface area contributed by atoms with Gasteiger partial charge in [-0.2, -0.15) is 0 Å². The van der Waals surface area contributed by atoms with Gasteiger partial charge in [-0.25, -0.2) is 0 Å². The van der Waals surface area contributed by atoms with E-state index in [1.165, 1.54) is 6.20 Å². The van der Waals surface area contributed by atoms with E-state index in [1.807, 2.05) is 6.92 Å². The number of nitro groups is 1. The predicted molar refractivity (Wildman–Crippen MR) is 72.8 cm³/mol. The first-order valence-corrected chi connectivity index (χ1v) is 6.78. The Bertz CT molecular complexity index is 449. The summed E-state index contributed by atoms with van der Waals surface area (Å²) in [6.45, 7) is 7.07. The first-order chi connectivity index (χ1) is 8.34. The van der Waals surface area contributed by atoms with Crippen LogP contribution >= 0.6 is 11.8 Å². The molecule has 0 aliphatic heterocycles. The molecule has 0 saturated heterocycles.